The molecular weight excluding hydrogens is 192 g/mol. The number of alkyl halides is 2. The van der Waals surface area contributed by atoms with E-state index in [1.165, 1.54) is 0 Å². The van der Waals surface area contributed by atoms with Gasteiger partial charge in [-0.2, -0.15) is 0 Å². The molecule has 0 unspecified atom stereocenters. The van der Waals surface area contributed by atoms with Gasteiger partial charge in [-0.3, -0.25) is 4.99 Å². The summed E-state index contributed by atoms with van der Waals surface area (Å²) in [7, 11) is 0. The summed E-state index contributed by atoms with van der Waals surface area (Å²) >= 11 is 0. The van der Waals surface area contributed by atoms with Gasteiger partial charge in [0.15, 0.2) is 5.96 Å². The summed E-state index contributed by atoms with van der Waals surface area (Å²) in [6, 6.07) is 0. The minimum Gasteiger partial charge on any atom is -0.390 e. The van der Waals surface area contributed by atoms with E-state index in [9.17, 15) is 8.78 Å². The van der Waals surface area contributed by atoms with Crippen LogP contribution in [0.15, 0.2) is 4.99 Å². The molecule has 0 aromatic heterocycles. The lowest BCUT2D eigenvalue weighted by Gasteiger charge is -2.16. The van der Waals surface area contributed by atoms with Crippen molar-refractivity contribution >= 4 is 5.96 Å². The highest BCUT2D eigenvalue weighted by Crippen LogP contribution is 2.09. The van der Waals surface area contributed by atoms with Gasteiger partial charge in [0.1, 0.15) is 6.61 Å². The third-order valence-corrected chi connectivity index (χ3v) is 1.89. The number of halogens is 2. The second-order valence-corrected chi connectivity index (χ2v) is 3.23. The van der Waals surface area contributed by atoms with Crippen LogP contribution >= 0.6 is 0 Å². The summed E-state index contributed by atoms with van der Waals surface area (Å²) in [5.41, 5.74) is 0. The Bertz CT molecular complexity index is 209. The minimum atomic E-state index is -3.09. The van der Waals surface area contributed by atoms with E-state index in [0.717, 1.165) is 19.4 Å². The maximum Gasteiger partial charge on any atom is 0.287 e. The zero-order valence-corrected chi connectivity index (χ0v) is 7.89. The Kier molecular flexibility index (Phi) is 4.06. The molecule has 1 aliphatic rings. The molecule has 0 fully saturated rings. The molecule has 0 aromatic carbocycles. The Hall–Kier alpha value is -0.910. The van der Waals surface area contributed by atoms with Crippen molar-refractivity contribution in [3.05, 3.63) is 0 Å². The fourth-order valence-electron chi connectivity index (χ4n) is 1.08. The lowest BCUT2D eigenvalue weighted by molar-refractivity contribution is -0.0444. The molecular formula is C8H15F2N3O. The van der Waals surface area contributed by atoms with Gasteiger partial charge in [0, 0.05) is 13.1 Å². The minimum absolute atomic E-state index is 0.399. The molecule has 0 aromatic rings. The summed E-state index contributed by atoms with van der Waals surface area (Å²) in [6.07, 6.45) is 1.96. The highest BCUT2D eigenvalue weighted by atomic mass is 19.3. The van der Waals surface area contributed by atoms with Crippen LogP contribution in [0.25, 0.3) is 0 Å². The normalized spacial score (nSPS) is 18.1. The van der Waals surface area contributed by atoms with Crippen LogP contribution in [0, 0.1) is 0 Å². The lowest BCUT2D eigenvalue weighted by atomic mass is 10.3. The number of nitrogens with one attached hydrogen (secondary N) is 2. The van der Waals surface area contributed by atoms with Crippen LogP contribution in [0.2, 0.25) is 0 Å². The van der Waals surface area contributed by atoms with Crippen LogP contribution in [0.3, 0.4) is 0 Å². The molecule has 82 valence electrons. The molecule has 0 saturated carbocycles. The molecule has 0 atom stereocenters. The predicted molar refractivity (Wildman–Crippen MR) is 49.6 cm³/mol. The highest BCUT2D eigenvalue weighted by Gasteiger charge is 2.27. The molecule has 4 nitrogen and oxygen atoms in total. The molecule has 14 heavy (non-hydrogen) atoms. The molecule has 3 N–H and O–H groups in total. The molecule has 0 amide bonds. The van der Waals surface area contributed by atoms with Crippen molar-refractivity contribution in [1.82, 2.24) is 10.6 Å². The van der Waals surface area contributed by atoms with E-state index in [1.807, 2.05) is 0 Å². The summed E-state index contributed by atoms with van der Waals surface area (Å²) in [6.45, 7) is -0.334. The Morgan fingerprint density at radius 1 is 1.50 bits per heavy atom. The maximum atomic E-state index is 12.6. The molecule has 0 spiro atoms. The first-order valence-corrected chi connectivity index (χ1v) is 4.65. The Balaban J connectivity index is 2.32. The summed E-state index contributed by atoms with van der Waals surface area (Å²) in [5.74, 6) is -2.69. The summed E-state index contributed by atoms with van der Waals surface area (Å²) in [4.78, 5) is 4.04. The second kappa shape index (κ2) is 5.09. The largest absolute Gasteiger partial charge is 0.390 e. The zero-order chi connectivity index (χ0) is 10.4. The lowest BCUT2D eigenvalue weighted by Crippen LogP contribution is -2.44. The predicted octanol–water partition coefficient (Wildman–Crippen LogP) is -0.0570. The third-order valence-electron chi connectivity index (χ3n) is 1.89. The Labute approximate surface area is 81.4 Å². The van der Waals surface area contributed by atoms with Crippen LogP contribution in [0.4, 0.5) is 8.78 Å². The van der Waals surface area contributed by atoms with Crippen molar-refractivity contribution < 1.29 is 13.9 Å². The zero-order valence-electron chi connectivity index (χ0n) is 7.89. The first kappa shape index (κ1) is 11.2. The Morgan fingerprint density at radius 3 is 3.00 bits per heavy atom. The number of aliphatic hydroxyl groups is 1. The van der Waals surface area contributed by atoms with Gasteiger partial charge in [0.25, 0.3) is 5.92 Å². The number of nitrogens with zero attached hydrogens (tertiary/aromatic N) is 1. The van der Waals surface area contributed by atoms with E-state index in [4.69, 9.17) is 5.11 Å². The standard InChI is InChI=1S/C8H15F2N3O/c9-8(10,6-14)5-13-7-11-3-1-2-4-12-7/h14H,1-6H2,(H2,11,12,13). The van der Waals surface area contributed by atoms with Crippen LogP contribution in [-0.4, -0.2) is 43.2 Å². The number of aliphatic hydroxyl groups excluding tert-OH is 1. The topological polar surface area (TPSA) is 56.6 Å². The van der Waals surface area contributed by atoms with E-state index in [0.29, 0.717) is 12.5 Å². The number of hydrogen-bond acceptors (Lipinski definition) is 4. The molecule has 0 aliphatic carbocycles. The van der Waals surface area contributed by atoms with Crippen molar-refractivity contribution in [2.45, 2.75) is 18.8 Å². The molecule has 1 aliphatic heterocycles. The van der Waals surface area contributed by atoms with Gasteiger partial charge in [-0.1, -0.05) is 0 Å². The van der Waals surface area contributed by atoms with Crippen LogP contribution in [0.1, 0.15) is 12.8 Å². The third kappa shape index (κ3) is 3.87. The van der Waals surface area contributed by atoms with Crippen LogP contribution in [0.5, 0.6) is 0 Å². The van der Waals surface area contributed by atoms with E-state index in [-0.39, 0.29) is 0 Å². The average Bonchev–Trinajstić information content (AvgIpc) is 2.43. The highest BCUT2D eigenvalue weighted by molar-refractivity contribution is 5.79. The first-order chi connectivity index (χ1) is 6.64. The van der Waals surface area contributed by atoms with Crippen molar-refractivity contribution in [1.29, 1.82) is 0 Å². The van der Waals surface area contributed by atoms with Gasteiger partial charge in [0.2, 0.25) is 0 Å². The van der Waals surface area contributed by atoms with Crippen molar-refractivity contribution in [2.24, 2.45) is 4.99 Å². The van der Waals surface area contributed by atoms with E-state index >= 15 is 0 Å². The molecule has 6 heteroatoms. The van der Waals surface area contributed by atoms with Gasteiger partial charge < -0.3 is 15.7 Å². The van der Waals surface area contributed by atoms with Gasteiger partial charge in [-0.25, -0.2) is 8.78 Å². The summed E-state index contributed by atoms with van der Waals surface area (Å²) in [5, 5.41) is 13.7. The number of aliphatic imine (C=N–C) groups is 1. The molecule has 0 saturated heterocycles. The number of guanidine groups is 1. The van der Waals surface area contributed by atoms with Gasteiger partial charge in [-0.15, -0.1) is 0 Å². The maximum absolute atomic E-state index is 12.6. The number of hydrogen-bond donors (Lipinski definition) is 3. The molecule has 1 heterocycles. The quantitative estimate of drug-likeness (QED) is 0.608. The van der Waals surface area contributed by atoms with E-state index in [1.54, 1.807) is 0 Å². The first-order valence-electron chi connectivity index (χ1n) is 4.65. The second-order valence-electron chi connectivity index (χ2n) is 3.23. The van der Waals surface area contributed by atoms with Crippen molar-refractivity contribution in [3.8, 4) is 0 Å². The van der Waals surface area contributed by atoms with Crippen LogP contribution < -0.4 is 10.6 Å². The van der Waals surface area contributed by atoms with Crippen molar-refractivity contribution in [3.63, 3.8) is 0 Å². The molecule has 0 bridgehead atoms. The van der Waals surface area contributed by atoms with Gasteiger partial charge >= 0.3 is 0 Å². The molecule has 1 rings (SSSR count). The van der Waals surface area contributed by atoms with Crippen molar-refractivity contribution in [2.75, 3.05) is 26.2 Å². The fraction of sp³-hybridized carbons (Fsp3) is 0.875. The van der Waals surface area contributed by atoms with E-state index in [2.05, 4.69) is 15.6 Å². The summed E-state index contributed by atoms with van der Waals surface area (Å²) < 4.78 is 25.2. The van der Waals surface area contributed by atoms with Gasteiger partial charge in [0.05, 0.1) is 6.54 Å². The van der Waals surface area contributed by atoms with E-state index < -0.39 is 19.1 Å². The average molecular weight is 207 g/mol. The Morgan fingerprint density at radius 2 is 2.29 bits per heavy atom. The fourth-order valence-corrected chi connectivity index (χ4v) is 1.08. The SMILES string of the molecule is OCC(F)(F)CNC1=NCCCCN1. The number of rotatable bonds is 3. The molecule has 0 radical (unpaired) electrons. The smallest absolute Gasteiger partial charge is 0.287 e. The van der Waals surface area contributed by atoms with Gasteiger partial charge in [-0.05, 0) is 12.8 Å². The monoisotopic (exact) mass is 207 g/mol. The van der Waals surface area contributed by atoms with Crippen LogP contribution in [-0.2, 0) is 0 Å².